The molecule has 1 aromatic heterocycles. The van der Waals surface area contributed by atoms with Gasteiger partial charge in [0.2, 0.25) is 0 Å². The molecule has 0 atom stereocenters. The van der Waals surface area contributed by atoms with Gasteiger partial charge in [-0.25, -0.2) is 0 Å². The van der Waals surface area contributed by atoms with Gasteiger partial charge >= 0.3 is 0 Å². The van der Waals surface area contributed by atoms with Gasteiger partial charge in [0.25, 0.3) is 0 Å². The minimum absolute atomic E-state index is 0.234. The summed E-state index contributed by atoms with van der Waals surface area (Å²) in [6, 6.07) is 5.92. The van der Waals surface area contributed by atoms with E-state index in [2.05, 4.69) is 37.9 Å². The Morgan fingerprint density at radius 3 is 2.50 bits per heavy atom. The topological polar surface area (TPSA) is 12.9 Å². The molecule has 12 heavy (non-hydrogen) atoms. The lowest BCUT2D eigenvalue weighted by Gasteiger charge is -2.10. The average molecular weight is 161 g/mol. The summed E-state index contributed by atoms with van der Waals surface area (Å²) in [7, 11) is 0. The molecule has 0 aliphatic carbocycles. The summed E-state index contributed by atoms with van der Waals surface area (Å²) in [5.74, 6) is 0. The van der Waals surface area contributed by atoms with Crippen molar-refractivity contribution in [3.63, 3.8) is 0 Å². The number of rotatable bonds is 1. The van der Waals surface area contributed by atoms with Crippen LogP contribution < -0.4 is 0 Å². The third-order valence-corrected chi connectivity index (χ3v) is 1.44. The first-order chi connectivity index (χ1) is 5.58. The summed E-state index contributed by atoms with van der Waals surface area (Å²) in [5.41, 5.74) is 1.25. The van der Waals surface area contributed by atoms with Gasteiger partial charge in [0.15, 0.2) is 0 Å². The van der Waals surface area contributed by atoms with E-state index in [9.17, 15) is 0 Å². The van der Waals surface area contributed by atoms with E-state index in [0.29, 0.717) is 0 Å². The Morgan fingerprint density at radius 2 is 2.00 bits per heavy atom. The number of aromatic nitrogens is 1. The predicted octanol–water partition coefficient (Wildman–Crippen LogP) is 3.14. The van der Waals surface area contributed by atoms with Crippen LogP contribution in [0.5, 0.6) is 0 Å². The Balaban J connectivity index is 2.71. The Morgan fingerprint density at radius 1 is 1.25 bits per heavy atom. The number of nitrogens with zero attached hydrogens (tertiary/aromatic N) is 1. The molecule has 0 saturated heterocycles. The molecule has 1 aromatic rings. The molecule has 0 amide bonds. The molecule has 1 nitrogen and oxygen atoms in total. The lowest BCUT2D eigenvalue weighted by atomic mass is 9.96. The summed E-state index contributed by atoms with van der Waals surface area (Å²) in [5, 5.41) is 0. The number of allylic oxidation sites excluding steroid dienone is 1. The molecule has 0 N–H and O–H groups in total. The minimum Gasteiger partial charge on any atom is -0.257 e. The van der Waals surface area contributed by atoms with Crippen molar-refractivity contribution in [2.24, 2.45) is 5.41 Å². The van der Waals surface area contributed by atoms with Crippen LogP contribution in [0.2, 0.25) is 0 Å². The minimum atomic E-state index is 0.234. The van der Waals surface area contributed by atoms with E-state index >= 15 is 0 Å². The molecule has 64 valence electrons. The van der Waals surface area contributed by atoms with Gasteiger partial charge in [0, 0.05) is 6.20 Å². The molecule has 0 radical (unpaired) electrons. The van der Waals surface area contributed by atoms with Crippen molar-refractivity contribution >= 4 is 6.08 Å². The van der Waals surface area contributed by atoms with Crippen LogP contribution in [-0.4, -0.2) is 4.98 Å². The fourth-order valence-electron chi connectivity index (χ4n) is 0.810. The van der Waals surface area contributed by atoms with Crippen molar-refractivity contribution in [3.05, 3.63) is 36.2 Å². The summed E-state index contributed by atoms with van der Waals surface area (Å²) in [6.07, 6.45) is 6.03. The standard InChI is InChI=1S/C11H15N/c1-11(2,3)8-7-10-6-4-5-9-12-10/h4-9H,1-3H3. The predicted molar refractivity (Wildman–Crippen MR) is 52.7 cm³/mol. The van der Waals surface area contributed by atoms with Gasteiger partial charge in [-0.2, -0.15) is 0 Å². The quantitative estimate of drug-likeness (QED) is 0.616. The van der Waals surface area contributed by atoms with Gasteiger partial charge in [-0.15, -0.1) is 0 Å². The van der Waals surface area contributed by atoms with E-state index in [4.69, 9.17) is 0 Å². The van der Waals surface area contributed by atoms with E-state index in [-0.39, 0.29) is 5.41 Å². The summed E-state index contributed by atoms with van der Waals surface area (Å²) < 4.78 is 0. The average Bonchev–Trinajstić information content (AvgIpc) is 2.02. The Hall–Kier alpha value is -1.11. The summed E-state index contributed by atoms with van der Waals surface area (Å²) >= 11 is 0. The van der Waals surface area contributed by atoms with Crippen LogP contribution in [0.4, 0.5) is 0 Å². The van der Waals surface area contributed by atoms with Crippen LogP contribution in [0.1, 0.15) is 26.5 Å². The van der Waals surface area contributed by atoms with Crippen LogP contribution in [-0.2, 0) is 0 Å². The van der Waals surface area contributed by atoms with Crippen LogP contribution in [0.25, 0.3) is 6.08 Å². The van der Waals surface area contributed by atoms with E-state index in [1.165, 1.54) is 0 Å². The molecule has 0 spiro atoms. The highest BCUT2D eigenvalue weighted by molar-refractivity contribution is 5.44. The second kappa shape index (κ2) is 3.53. The van der Waals surface area contributed by atoms with Gasteiger partial charge in [-0.05, 0) is 23.6 Å². The third kappa shape index (κ3) is 3.33. The first-order valence-electron chi connectivity index (χ1n) is 4.18. The summed E-state index contributed by atoms with van der Waals surface area (Å²) in [4.78, 5) is 4.20. The molecular weight excluding hydrogens is 146 g/mol. The molecule has 0 unspecified atom stereocenters. The van der Waals surface area contributed by atoms with Crippen LogP contribution in [0, 0.1) is 5.41 Å². The molecule has 0 fully saturated rings. The number of pyridine rings is 1. The van der Waals surface area contributed by atoms with Crippen molar-refractivity contribution in [3.8, 4) is 0 Å². The fourth-order valence-corrected chi connectivity index (χ4v) is 0.810. The fraction of sp³-hybridized carbons (Fsp3) is 0.364. The maximum Gasteiger partial charge on any atom is 0.0626 e. The molecule has 0 bridgehead atoms. The van der Waals surface area contributed by atoms with Gasteiger partial charge in [0.1, 0.15) is 0 Å². The smallest absolute Gasteiger partial charge is 0.0626 e. The highest BCUT2D eigenvalue weighted by atomic mass is 14.6. The summed E-state index contributed by atoms with van der Waals surface area (Å²) in [6.45, 7) is 6.52. The molecule has 1 heteroatoms. The largest absolute Gasteiger partial charge is 0.257 e. The van der Waals surface area contributed by atoms with Gasteiger partial charge in [0.05, 0.1) is 5.69 Å². The molecule has 0 aliphatic heterocycles. The first kappa shape index (κ1) is 8.98. The lowest BCUT2D eigenvalue weighted by molar-refractivity contribution is 0.547. The molecule has 1 heterocycles. The van der Waals surface area contributed by atoms with Crippen molar-refractivity contribution in [2.75, 3.05) is 0 Å². The highest BCUT2D eigenvalue weighted by Crippen LogP contribution is 2.15. The third-order valence-electron chi connectivity index (χ3n) is 1.44. The molecule has 0 aliphatic rings. The molecule has 0 aromatic carbocycles. The van der Waals surface area contributed by atoms with Crippen molar-refractivity contribution in [1.29, 1.82) is 0 Å². The number of hydrogen-bond acceptors (Lipinski definition) is 1. The molecule has 0 saturated carbocycles. The van der Waals surface area contributed by atoms with Crippen molar-refractivity contribution in [1.82, 2.24) is 4.98 Å². The van der Waals surface area contributed by atoms with E-state index in [1.807, 2.05) is 24.4 Å². The normalized spacial score (nSPS) is 12.2. The van der Waals surface area contributed by atoms with E-state index < -0.39 is 0 Å². The van der Waals surface area contributed by atoms with Crippen LogP contribution >= 0.6 is 0 Å². The monoisotopic (exact) mass is 161 g/mol. The highest BCUT2D eigenvalue weighted by Gasteiger charge is 2.02. The molecule has 1 rings (SSSR count). The molecular formula is C11H15N. The Kier molecular flexibility index (Phi) is 2.64. The van der Waals surface area contributed by atoms with E-state index in [0.717, 1.165) is 5.69 Å². The Bertz CT molecular complexity index is 254. The zero-order chi connectivity index (χ0) is 9.03. The van der Waals surface area contributed by atoms with Crippen molar-refractivity contribution in [2.45, 2.75) is 20.8 Å². The lowest BCUT2D eigenvalue weighted by Crippen LogP contribution is -1.98. The van der Waals surface area contributed by atoms with Crippen LogP contribution in [0.15, 0.2) is 30.5 Å². The maximum atomic E-state index is 4.20. The zero-order valence-electron chi connectivity index (χ0n) is 7.91. The van der Waals surface area contributed by atoms with Crippen molar-refractivity contribution < 1.29 is 0 Å². The zero-order valence-corrected chi connectivity index (χ0v) is 7.91. The first-order valence-corrected chi connectivity index (χ1v) is 4.18. The van der Waals surface area contributed by atoms with Crippen LogP contribution in [0.3, 0.4) is 0 Å². The SMILES string of the molecule is CC(C)(C)C=Cc1ccccn1. The second-order valence-electron chi connectivity index (χ2n) is 3.95. The number of hydrogen-bond donors (Lipinski definition) is 0. The van der Waals surface area contributed by atoms with Gasteiger partial charge < -0.3 is 0 Å². The Labute approximate surface area is 74.2 Å². The second-order valence-corrected chi connectivity index (χ2v) is 3.95. The van der Waals surface area contributed by atoms with E-state index in [1.54, 1.807) is 0 Å². The van der Waals surface area contributed by atoms with Gasteiger partial charge in [-0.1, -0.05) is 32.9 Å². The van der Waals surface area contributed by atoms with Gasteiger partial charge in [-0.3, -0.25) is 4.98 Å². The maximum absolute atomic E-state index is 4.20.